The third-order valence-electron chi connectivity index (χ3n) is 3.50. The Labute approximate surface area is 123 Å². The van der Waals surface area contributed by atoms with Crippen LogP contribution in [0.3, 0.4) is 0 Å². The number of rotatable bonds is 5. The largest absolute Gasteiger partial charge is 0.394 e. The lowest BCUT2D eigenvalue weighted by Crippen LogP contribution is -2.50. The molecule has 0 bridgehead atoms. The molecule has 0 spiro atoms. The normalized spacial score (nSPS) is 13.5. The lowest BCUT2D eigenvalue weighted by atomic mass is 10.0. The maximum absolute atomic E-state index is 11.9. The first-order valence-corrected chi connectivity index (χ1v) is 6.86. The number of H-pyrrole nitrogens is 1. The predicted octanol–water partition coefficient (Wildman–Crippen LogP) is 2.36. The number of amides is 2. The molecule has 2 amide bonds. The summed E-state index contributed by atoms with van der Waals surface area (Å²) >= 11 is 0. The van der Waals surface area contributed by atoms with Gasteiger partial charge in [-0.3, -0.25) is 5.10 Å². The van der Waals surface area contributed by atoms with Crippen molar-refractivity contribution >= 4 is 11.7 Å². The molecule has 0 radical (unpaired) electrons. The zero-order valence-corrected chi connectivity index (χ0v) is 12.2. The quantitative estimate of drug-likeness (QED) is 0.681. The molecule has 0 saturated carbocycles. The summed E-state index contributed by atoms with van der Waals surface area (Å²) in [5.41, 5.74) is 1.99. The van der Waals surface area contributed by atoms with Crippen LogP contribution < -0.4 is 10.6 Å². The van der Waals surface area contributed by atoms with Crippen LogP contribution >= 0.6 is 0 Å². The van der Waals surface area contributed by atoms with E-state index in [1.165, 1.54) is 0 Å². The Hall–Kier alpha value is -2.34. The SMILES string of the molecule is CCC(C)(CO)NC(=O)Nc1ccc(-c2ccn[nH]2)cc1. The molecule has 1 aromatic carbocycles. The number of carbonyl (C=O) groups excluding carboxylic acids is 1. The summed E-state index contributed by atoms with van der Waals surface area (Å²) in [5, 5.41) is 21.6. The fourth-order valence-corrected chi connectivity index (χ4v) is 1.83. The van der Waals surface area contributed by atoms with Crippen molar-refractivity contribution in [1.82, 2.24) is 15.5 Å². The van der Waals surface area contributed by atoms with Crippen molar-refractivity contribution in [2.75, 3.05) is 11.9 Å². The third kappa shape index (κ3) is 3.82. The van der Waals surface area contributed by atoms with Crippen molar-refractivity contribution in [3.8, 4) is 11.3 Å². The standard InChI is InChI=1S/C15H20N4O2/c1-3-15(2,10-20)18-14(21)17-12-6-4-11(5-7-12)13-8-9-16-19-13/h4-9,20H,3,10H2,1-2H3,(H,16,19)(H2,17,18,21). The Morgan fingerprint density at radius 3 is 2.57 bits per heavy atom. The van der Waals surface area contributed by atoms with Crippen LogP contribution in [0.4, 0.5) is 10.5 Å². The third-order valence-corrected chi connectivity index (χ3v) is 3.50. The van der Waals surface area contributed by atoms with E-state index in [1.807, 2.05) is 37.3 Å². The Kier molecular flexibility index (Phi) is 4.59. The minimum atomic E-state index is -0.611. The van der Waals surface area contributed by atoms with Gasteiger partial charge in [0.05, 0.1) is 17.8 Å². The number of aliphatic hydroxyl groups excluding tert-OH is 1. The molecule has 0 aliphatic rings. The van der Waals surface area contributed by atoms with Gasteiger partial charge in [-0.2, -0.15) is 5.10 Å². The van der Waals surface area contributed by atoms with Gasteiger partial charge >= 0.3 is 6.03 Å². The van der Waals surface area contributed by atoms with Crippen molar-refractivity contribution < 1.29 is 9.90 Å². The van der Waals surface area contributed by atoms with Gasteiger partial charge in [0.2, 0.25) is 0 Å². The minimum absolute atomic E-state index is 0.102. The summed E-state index contributed by atoms with van der Waals surface area (Å²) < 4.78 is 0. The van der Waals surface area contributed by atoms with Gasteiger partial charge in [0, 0.05) is 11.9 Å². The molecule has 6 heteroatoms. The molecule has 1 atom stereocenters. The van der Waals surface area contributed by atoms with Crippen LogP contribution in [0.5, 0.6) is 0 Å². The number of urea groups is 1. The number of aromatic amines is 1. The molecule has 21 heavy (non-hydrogen) atoms. The highest BCUT2D eigenvalue weighted by atomic mass is 16.3. The van der Waals surface area contributed by atoms with E-state index in [-0.39, 0.29) is 12.6 Å². The van der Waals surface area contributed by atoms with Crippen LogP contribution in [-0.2, 0) is 0 Å². The van der Waals surface area contributed by atoms with Gasteiger partial charge in [0.1, 0.15) is 0 Å². The number of carbonyl (C=O) groups is 1. The second kappa shape index (κ2) is 6.41. The second-order valence-electron chi connectivity index (χ2n) is 5.20. The summed E-state index contributed by atoms with van der Waals surface area (Å²) in [6, 6.07) is 8.98. The predicted molar refractivity (Wildman–Crippen MR) is 82.0 cm³/mol. The first-order valence-electron chi connectivity index (χ1n) is 6.86. The van der Waals surface area contributed by atoms with Crippen molar-refractivity contribution in [3.05, 3.63) is 36.5 Å². The molecule has 4 N–H and O–H groups in total. The first-order chi connectivity index (χ1) is 10.1. The maximum Gasteiger partial charge on any atom is 0.319 e. The van der Waals surface area contributed by atoms with E-state index >= 15 is 0 Å². The number of hydrogen-bond donors (Lipinski definition) is 4. The Bertz CT molecular complexity index is 574. The number of aromatic nitrogens is 2. The van der Waals surface area contributed by atoms with E-state index < -0.39 is 5.54 Å². The van der Waals surface area contributed by atoms with E-state index in [2.05, 4.69) is 20.8 Å². The average molecular weight is 288 g/mol. The lowest BCUT2D eigenvalue weighted by molar-refractivity contribution is 0.172. The van der Waals surface area contributed by atoms with Crippen molar-refractivity contribution in [3.63, 3.8) is 0 Å². The monoisotopic (exact) mass is 288 g/mol. The molecule has 1 heterocycles. The fourth-order valence-electron chi connectivity index (χ4n) is 1.83. The van der Waals surface area contributed by atoms with E-state index in [0.717, 1.165) is 11.3 Å². The van der Waals surface area contributed by atoms with Crippen LogP contribution in [-0.4, -0.2) is 33.5 Å². The molecule has 0 aliphatic heterocycles. The highest BCUT2D eigenvalue weighted by Gasteiger charge is 2.23. The fraction of sp³-hybridized carbons (Fsp3) is 0.333. The number of nitrogens with one attached hydrogen (secondary N) is 3. The zero-order chi connectivity index (χ0) is 15.3. The van der Waals surface area contributed by atoms with E-state index in [0.29, 0.717) is 12.1 Å². The molecule has 1 unspecified atom stereocenters. The molecular weight excluding hydrogens is 268 g/mol. The summed E-state index contributed by atoms with van der Waals surface area (Å²) in [6.07, 6.45) is 2.34. The molecule has 1 aromatic heterocycles. The molecular formula is C15H20N4O2. The molecule has 0 fully saturated rings. The Morgan fingerprint density at radius 1 is 1.33 bits per heavy atom. The van der Waals surface area contributed by atoms with E-state index in [1.54, 1.807) is 13.1 Å². The van der Waals surface area contributed by atoms with Gasteiger partial charge in [-0.15, -0.1) is 0 Å². The highest BCUT2D eigenvalue weighted by molar-refractivity contribution is 5.90. The van der Waals surface area contributed by atoms with Gasteiger partial charge in [0.15, 0.2) is 0 Å². The van der Waals surface area contributed by atoms with E-state index in [4.69, 9.17) is 0 Å². The molecule has 0 saturated heterocycles. The molecule has 2 aromatic rings. The number of anilines is 1. The number of hydrogen-bond acceptors (Lipinski definition) is 3. The highest BCUT2D eigenvalue weighted by Crippen LogP contribution is 2.19. The smallest absolute Gasteiger partial charge is 0.319 e. The zero-order valence-electron chi connectivity index (χ0n) is 12.2. The van der Waals surface area contributed by atoms with Crippen LogP contribution in [0.25, 0.3) is 11.3 Å². The maximum atomic E-state index is 11.9. The number of nitrogens with zero attached hydrogens (tertiary/aromatic N) is 1. The summed E-state index contributed by atoms with van der Waals surface area (Å²) in [5.74, 6) is 0. The van der Waals surface area contributed by atoms with Gasteiger partial charge < -0.3 is 15.7 Å². The summed E-state index contributed by atoms with van der Waals surface area (Å²) in [6.45, 7) is 3.61. The first kappa shape index (κ1) is 15.1. The summed E-state index contributed by atoms with van der Waals surface area (Å²) in [4.78, 5) is 11.9. The topological polar surface area (TPSA) is 90.0 Å². The molecule has 2 rings (SSSR count). The number of benzene rings is 1. The molecule has 112 valence electrons. The summed E-state index contributed by atoms with van der Waals surface area (Å²) in [7, 11) is 0. The van der Waals surface area contributed by atoms with Crippen molar-refractivity contribution in [2.24, 2.45) is 0 Å². The van der Waals surface area contributed by atoms with Gasteiger partial charge in [0.25, 0.3) is 0 Å². The van der Waals surface area contributed by atoms with Gasteiger partial charge in [-0.1, -0.05) is 19.1 Å². The Morgan fingerprint density at radius 2 is 2.05 bits per heavy atom. The second-order valence-corrected chi connectivity index (χ2v) is 5.20. The van der Waals surface area contributed by atoms with Crippen molar-refractivity contribution in [1.29, 1.82) is 0 Å². The average Bonchev–Trinajstić information content (AvgIpc) is 3.02. The van der Waals surface area contributed by atoms with E-state index in [9.17, 15) is 9.90 Å². The Balaban J connectivity index is 1.99. The van der Waals surface area contributed by atoms with Crippen LogP contribution in [0.1, 0.15) is 20.3 Å². The van der Waals surface area contributed by atoms with Gasteiger partial charge in [-0.05, 0) is 37.1 Å². The number of aliphatic hydroxyl groups is 1. The van der Waals surface area contributed by atoms with Crippen LogP contribution in [0.15, 0.2) is 36.5 Å². The molecule has 6 nitrogen and oxygen atoms in total. The minimum Gasteiger partial charge on any atom is -0.394 e. The lowest BCUT2D eigenvalue weighted by Gasteiger charge is -2.27. The molecule has 0 aliphatic carbocycles. The van der Waals surface area contributed by atoms with Crippen LogP contribution in [0, 0.1) is 0 Å². The van der Waals surface area contributed by atoms with Crippen LogP contribution in [0.2, 0.25) is 0 Å². The van der Waals surface area contributed by atoms with Crippen molar-refractivity contribution in [2.45, 2.75) is 25.8 Å². The van der Waals surface area contributed by atoms with Gasteiger partial charge in [-0.25, -0.2) is 4.79 Å².